The molecule has 168 valence electrons. The van der Waals surface area contributed by atoms with Crippen molar-refractivity contribution in [1.82, 2.24) is 14.8 Å². The molecule has 2 amide bonds. The molecular formula is C24H29N5O2S. The van der Waals surface area contributed by atoms with Gasteiger partial charge in [0.2, 0.25) is 11.8 Å². The minimum absolute atomic E-state index is 0.111. The number of nitrogens with zero attached hydrogens (tertiary/aromatic N) is 3. The first-order chi connectivity index (χ1) is 15.3. The highest BCUT2D eigenvalue weighted by atomic mass is 32.2. The standard InChI is InChI=1S/C24H29N5O2S/c1-6-29-21(13-22(30)26-20-9-7-8-17(4)18(20)5)27-28-24(29)32-14-23(31)25-19-11-15(2)10-16(3)12-19/h7-12H,6,13-14H2,1-5H3,(H,25,31)(H,26,30). The molecule has 7 nitrogen and oxygen atoms in total. The van der Waals surface area contributed by atoms with E-state index in [1.54, 1.807) is 0 Å². The average molecular weight is 452 g/mol. The molecule has 0 spiro atoms. The number of aromatic nitrogens is 3. The van der Waals surface area contributed by atoms with Crippen LogP contribution in [0.2, 0.25) is 0 Å². The van der Waals surface area contributed by atoms with Gasteiger partial charge < -0.3 is 15.2 Å². The normalized spacial score (nSPS) is 10.8. The number of anilines is 2. The summed E-state index contributed by atoms with van der Waals surface area (Å²) in [6.07, 6.45) is 0.115. The molecule has 0 saturated carbocycles. The van der Waals surface area contributed by atoms with Crippen molar-refractivity contribution in [2.45, 2.75) is 52.7 Å². The number of thioether (sulfide) groups is 1. The Kier molecular flexibility index (Phi) is 7.69. The summed E-state index contributed by atoms with van der Waals surface area (Å²) in [6.45, 7) is 10.6. The summed E-state index contributed by atoms with van der Waals surface area (Å²) in [6, 6.07) is 11.8. The molecule has 0 radical (unpaired) electrons. The third kappa shape index (κ3) is 5.97. The summed E-state index contributed by atoms with van der Waals surface area (Å²) in [5.74, 6) is 0.525. The van der Waals surface area contributed by atoms with Crippen LogP contribution in [0.4, 0.5) is 11.4 Å². The number of aryl methyl sites for hydroxylation is 3. The molecule has 0 unspecified atom stereocenters. The fraction of sp³-hybridized carbons (Fsp3) is 0.333. The summed E-state index contributed by atoms with van der Waals surface area (Å²) >= 11 is 1.31. The predicted molar refractivity (Wildman–Crippen MR) is 129 cm³/mol. The highest BCUT2D eigenvalue weighted by Crippen LogP contribution is 2.21. The molecule has 0 bridgehead atoms. The molecular weight excluding hydrogens is 422 g/mol. The lowest BCUT2D eigenvalue weighted by atomic mass is 10.1. The quantitative estimate of drug-likeness (QED) is 0.494. The maximum absolute atomic E-state index is 12.6. The first kappa shape index (κ1) is 23.5. The second-order valence-electron chi connectivity index (χ2n) is 7.83. The fourth-order valence-corrected chi connectivity index (χ4v) is 4.29. The Morgan fingerprint density at radius 2 is 1.69 bits per heavy atom. The summed E-state index contributed by atoms with van der Waals surface area (Å²) in [5.41, 5.74) is 5.95. The highest BCUT2D eigenvalue weighted by molar-refractivity contribution is 7.99. The monoisotopic (exact) mass is 451 g/mol. The van der Waals surface area contributed by atoms with Gasteiger partial charge in [-0.15, -0.1) is 10.2 Å². The van der Waals surface area contributed by atoms with E-state index >= 15 is 0 Å². The molecule has 3 aromatic rings. The third-order valence-electron chi connectivity index (χ3n) is 5.14. The largest absolute Gasteiger partial charge is 0.325 e. The number of benzene rings is 2. The first-order valence-electron chi connectivity index (χ1n) is 10.6. The zero-order valence-electron chi connectivity index (χ0n) is 19.2. The molecule has 1 heterocycles. The van der Waals surface area contributed by atoms with Crippen molar-refractivity contribution < 1.29 is 9.59 Å². The van der Waals surface area contributed by atoms with Gasteiger partial charge in [-0.1, -0.05) is 30.0 Å². The number of amides is 2. The fourth-order valence-electron chi connectivity index (χ4n) is 3.47. The Hall–Kier alpha value is -3.13. The van der Waals surface area contributed by atoms with E-state index in [1.807, 2.05) is 69.5 Å². The van der Waals surface area contributed by atoms with E-state index in [0.717, 1.165) is 33.6 Å². The second-order valence-corrected chi connectivity index (χ2v) is 8.77. The Labute approximate surface area is 193 Å². The zero-order valence-corrected chi connectivity index (χ0v) is 20.0. The number of carbonyl (C=O) groups excluding carboxylic acids is 2. The summed E-state index contributed by atoms with van der Waals surface area (Å²) in [5, 5.41) is 14.9. The Morgan fingerprint density at radius 1 is 0.969 bits per heavy atom. The number of hydrogen-bond acceptors (Lipinski definition) is 5. The second kappa shape index (κ2) is 10.5. The van der Waals surface area contributed by atoms with E-state index in [2.05, 4.69) is 26.9 Å². The lowest BCUT2D eigenvalue weighted by molar-refractivity contribution is -0.116. The van der Waals surface area contributed by atoms with Crippen LogP contribution < -0.4 is 10.6 Å². The highest BCUT2D eigenvalue weighted by Gasteiger charge is 2.17. The van der Waals surface area contributed by atoms with Crippen molar-refractivity contribution in [2.75, 3.05) is 16.4 Å². The van der Waals surface area contributed by atoms with E-state index in [-0.39, 0.29) is 24.0 Å². The molecule has 0 aliphatic heterocycles. The van der Waals surface area contributed by atoms with Crippen LogP contribution in [-0.2, 0) is 22.6 Å². The maximum atomic E-state index is 12.6. The van der Waals surface area contributed by atoms with Gasteiger partial charge in [0.1, 0.15) is 5.82 Å². The summed E-state index contributed by atoms with van der Waals surface area (Å²) < 4.78 is 1.87. The van der Waals surface area contributed by atoms with Crippen LogP contribution in [0.3, 0.4) is 0 Å². The summed E-state index contributed by atoms with van der Waals surface area (Å²) in [4.78, 5) is 25.0. The first-order valence-corrected chi connectivity index (χ1v) is 11.5. The van der Waals surface area contributed by atoms with E-state index in [0.29, 0.717) is 17.5 Å². The molecule has 0 fully saturated rings. The van der Waals surface area contributed by atoms with Crippen LogP contribution in [-0.4, -0.2) is 32.3 Å². The summed E-state index contributed by atoms with van der Waals surface area (Å²) in [7, 11) is 0. The molecule has 0 aliphatic carbocycles. The Morgan fingerprint density at radius 3 is 2.38 bits per heavy atom. The van der Waals surface area contributed by atoms with Crippen LogP contribution in [0.1, 0.15) is 35.0 Å². The van der Waals surface area contributed by atoms with E-state index in [1.165, 1.54) is 11.8 Å². The minimum Gasteiger partial charge on any atom is -0.325 e. The third-order valence-corrected chi connectivity index (χ3v) is 6.11. The van der Waals surface area contributed by atoms with Crippen LogP contribution in [0.15, 0.2) is 41.6 Å². The van der Waals surface area contributed by atoms with Crippen molar-refractivity contribution in [3.05, 3.63) is 64.5 Å². The van der Waals surface area contributed by atoms with Crippen molar-refractivity contribution >= 4 is 35.0 Å². The van der Waals surface area contributed by atoms with Gasteiger partial charge >= 0.3 is 0 Å². The minimum atomic E-state index is -0.148. The lowest BCUT2D eigenvalue weighted by Gasteiger charge is -2.11. The zero-order chi connectivity index (χ0) is 23.3. The van der Waals surface area contributed by atoms with E-state index in [9.17, 15) is 9.59 Å². The van der Waals surface area contributed by atoms with Crippen molar-refractivity contribution in [3.8, 4) is 0 Å². The number of carbonyl (C=O) groups is 2. The van der Waals surface area contributed by atoms with Crippen LogP contribution in [0.5, 0.6) is 0 Å². The molecule has 2 N–H and O–H groups in total. The average Bonchev–Trinajstić information content (AvgIpc) is 3.10. The topological polar surface area (TPSA) is 88.9 Å². The number of nitrogens with one attached hydrogen (secondary N) is 2. The van der Waals surface area contributed by atoms with Crippen LogP contribution in [0.25, 0.3) is 0 Å². The van der Waals surface area contributed by atoms with Crippen LogP contribution >= 0.6 is 11.8 Å². The van der Waals surface area contributed by atoms with Crippen molar-refractivity contribution in [1.29, 1.82) is 0 Å². The molecule has 0 aliphatic rings. The molecule has 8 heteroatoms. The Balaban J connectivity index is 1.61. The lowest BCUT2D eigenvalue weighted by Crippen LogP contribution is -2.18. The molecule has 32 heavy (non-hydrogen) atoms. The van der Waals surface area contributed by atoms with Gasteiger partial charge in [-0.05, 0) is 75.1 Å². The molecule has 3 rings (SSSR count). The van der Waals surface area contributed by atoms with E-state index in [4.69, 9.17) is 0 Å². The number of rotatable bonds is 8. The van der Waals surface area contributed by atoms with Gasteiger partial charge in [-0.3, -0.25) is 9.59 Å². The molecule has 0 saturated heterocycles. The van der Waals surface area contributed by atoms with E-state index < -0.39 is 0 Å². The smallest absolute Gasteiger partial charge is 0.234 e. The van der Waals surface area contributed by atoms with Gasteiger partial charge in [0.25, 0.3) is 0 Å². The van der Waals surface area contributed by atoms with Gasteiger partial charge in [0.05, 0.1) is 12.2 Å². The van der Waals surface area contributed by atoms with Gasteiger partial charge in [0, 0.05) is 17.9 Å². The van der Waals surface area contributed by atoms with Crippen LogP contribution in [0, 0.1) is 27.7 Å². The van der Waals surface area contributed by atoms with Crippen molar-refractivity contribution in [2.24, 2.45) is 0 Å². The SMILES string of the molecule is CCn1c(CC(=O)Nc2cccc(C)c2C)nnc1SCC(=O)Nc1cc(C)cc(C)c1. The Bertz CT molecular complexity index is 1120. The maximum Gasteiger partial charge on any atom is 0.234 e. The number of hydrogen-bond donors (Lipinski definition) is 2. The predicted octanol–water partition coefficient (Wildman–Crippen LogP) is 4.44. The van der Waals surface area contributed by atoms with Gasteiger partial charge in [-0.25, -0.2) is 0 Å². The van der Waals surface area contributed by atoms with Crippen molar-refractivity contribution in [3.63, 3.8) is 0 Å². The molecule has 2 aromatic carbocycles. The van der Waals surface area contributed by atoms with Gasteiger partial charge in [-0.2, -0.15) is 0 Å². The molecule has 0 atom stereocenters. The van der Waals surface area contributed by atoms with Gasteiger partial charge in [0.15, 0.2) is 5.16 Å². The molecule has 1 aromatic heterocycles.